The van der Waals surface area contributed by atoms with Crippen molar-refractivity contribution in [3.63, 3.8) is 0 Å². The summed E-state index contributed by atoms with van der Waals surface area (Å²) in [5.74, 6) is 0.0654. The molecule has 2 rings (SSSR count). The van der Waals surface area contributed by atoms with Crippen molar-refractivity contribution >= 4 is 5.95 Å². The highest BCUT2D eigenvalue weighted by atomic mass is 19.1. The van der Waals surface area contributed by atoms with E-state index in [0.717, 1.165) is 25.5 Å². The van der Waals surface area contributed by atoms with Gasteiger partial charge in [0, 0.05) is 19.1 Å². The van der Waals surface area contributed by atoms with Crippen molar-refractivity contribution in [3.8, 4) is 0 Å². The molecule has 0 aliphatic heterocycles. The number of nitrogens with one attached hydrogen (secondary N) is 2. The van der Waals surface area contributed by atoms with Gasteiger partial charge in [-0.2, -0.15) is 0 Å². The molecule has 1 heterocycles. The Morgan fingerprint density at radius 2 is 2.00 bits per heavy atom. The normalized spacial score (nSPS) is 15.5. The van der Waals surface area contributed by atoms with Crippen LogP contribution in [0, 0.1) is 5.82 Å². The molecule has 14 heavy (non-hydrogen) atoms. The second-order valence-corrected chi connectivity index (χ2v) is 3.38. The summed E-state index contributed by atoms with van der Waals surface area (Å²) < 4.78 is 12.4. The zero-order chi connectivity index (χ0) is 9.80. The molecule has 0 bridgehead atoms. The van der Waals surface area contributed by atoms with E-state index < -0.39 is 5.82 Å². The number of nitrogens with zero attached hydrogens (tertiary/aromatic N) is 2. The van der Waals surface area contributed by atoms with E-state index in [0.29, 0.717) is 12.0 Å². The first kappa shape index (κ1) is 9.33. The quantitative estimate of drug-likeness (QED) is 0.683. The molecule has 0 aromatic carbocycles. The van der Waals surface area contributed by atoms with Crippen molar-refractivity contribution < 1.29 is 4.39 Å². The fourth-order valence-electron chi connectivity index (χ4n) is 1.14. The number of anilines is 1. The number of halogens is 1. The van der Waals surface area contributed by atoms with E-state index >= 15 is 0 Å². The van der Waals surface area contributed by atoms with Crippen LogP contribution < -0.4 is 10.6 Å². The SMILES string of the molecule is Fc1cnc(NCCNC2CC2)nc1. The van der Waals surface area contributed by atoms with Gasteiger partial charge in [0.25, 0.3) is 0 Å². The maximum atomic E-state index is 12.4. The molecule has 1 aromatic heterocycles. The summed E-state index contributed by atoms with van der Waals surface area (Å²) in [5.41, 5.74) is 0. The van der Waals surface area contributed by atoms with E-state index in [1.54, 1.807) is 0 Å². The molecule has 1 aromatic rings. The van der Waals surface area contributed by atoms with Crippen molar-refractivity contribution in [2.24, 2.45) is 0 Å². The van der Waals surface area contributed by atoms with Crippen LogP contribution in [0.25, 0.3) is 0 Å². The van der Waals surface area contributed by atoms with E-state index in [1.165, 1.54) is 12.8 Å². The number of hydrogen-bond acceptors (Lipinski definition) is 4. The van der Waals surface area contributed by atoms with Gasteiger partial charge in [0.05, 0.1) is 12.4 Å². The Labute approximate surface area is 82.0 Å². The first-order chi connectivity index (χ1) is 6.84. The Morgan fingerprint density at radius 1 is 1.29 bits per heavy atom. The van der Waals surface area contributed by atoms with Crippen molar-refractivity contribution in [1.82, 2.24) is 15.3 Å². The lowest BCUT2D eigenvalue weighted by Gasteiger charge is -2.04. The zero-order valence-corrected chi connectivity index (χ0v) is 7.83. The van der Waals surface area contributed by atoms with E-state index in [2.05, 4.69) is 20.6 Å². The van der Waals surface area contributed by atoms with E-state index in [-0.39, 0.29) is 0 Å². The highest BCUT2D eigenvalue weighted by Gasteiger charge is 2.19. The molecule has 0 amide bonds. The molecule has 1 fully saturated rings. The van der Waals surface area contributed by atoms with Crippen LogP contribution in [0.2, 0.25) is 0 Å². The average Bonchev–Trinajstić information content (AvgIpc) is 2.99. The minimum Gasteiger partial charge on any atom is -0.353 e. The van der Waals surface area contributed by atoms with Crippen LogP contribution in [0.1, 0.15) is 12.8 Å². The summed E-state index contributed by atoms with van der Waals surface area (Å²) >= 11 is 0. The lowest BCUT2D eigenvalue weighted by Crippen LogP contribution is -2.24. The molecule has 4 nitrogen and oxygen atoms in total. The molecular formula is C9H13FN4. The Bertz CT molecular complexity index is 283. The smallest absolute Gasteiger partial charge is 0.222 e. The van der Waals surface area contributed by atoms with Gasteiger partial charge in [-0.25, -0.2) is 14.4 Å². The first-order valence-electron chi connectivity index (χ1n) is 4.79. The molecule has 5 heteroatoms. The predicted molar refractivity (Wildman–Crippen MR) is 51.5 cm³/mol. The van der Waals surface area contributed by atoms with Gasteiger partial charge < -0.3 is 10.6 Å². The Balaban J connectivity index is 1.66. The molecule has 0 unspecified atom stereocenters. The molecule has 1 saturated carbocycles. The average molecular weight is 196 g/mol. The molecule has 1 aliphatic carbocycles. The van der Waals surface area contributed by atoms with Crippen molar-refractivity contribution in [3.05, 3.63) is 18.2 Å². The fraction of sp³-hybridized carbons (Fsp3) is 0.556. The topological polar surface area (TPSA) is 49.8 Å². The fourth-order valence-corrected chi connectivity index (χ4v) is 1.14. The van der Waals surface area contributed by atoms with Crippen molar-refractivity contribution in [2.45, 2.75) is 18.9 Å². The highest BCUT2D eigenvalue weighted by molar-refractivity contribution is 5.22. The maximum Gasteiger partial charge on any atom is 0.222 e. The minimum atomic E-state index is -0.411. The minimum absolute atomic E-state index is 0.411. The van der Waals surface area contributed by atoms with Crippen LogP contribution in [-0.4, -0.2) is 29.1 Å². The summed E-state index contributed by atoms with van der Waals surface area (Å²) in [4.78, 5) is 7.57. The Morgan fingerprint density at radius 3 is 2.64 bits per heavy atom. The van der Waals surface area contributed by atoms with Crippen LogP contribution in [0.3, 0.4) is 0 Å². The Hall–Kier alpha value is -1.23. The molecule has 0 atom stereocenters. The maximum absolute atomic E-state index is 12.4. The van der Waals surface area contributed by atoms with Gasteiger partial charge in [-0.05, 0) is 12.8 Å². The standard InChI is InChI=1S/C9H13FN4/c10-7-5-13-9(14-6-7)12-4-3-11-8-1-2-8/h5-6,8,11H,1-4H2,(H,12,13,14). The lowest BCUT2D eigenvalue weighted by atomic mass is 10.5. The summed E-state index contributed by atoms with van der Waals surface area (Å²) in [7, 11) is 0. The molecule has 0 spiro atoms. The summed E-state index contributed by atoms with van der Waals surface area (Å²) in [6.45, 7) is 1.66. The second kappa shape index (κ2) is 4.32. The van der Waals surface area contributed by atoms with Crippen molar-refractivity contribution in [2.75, 3.05) is 18.4 Å². The van der Waals surface area contributed by atoms with Crippen LogP contribution >= 0.6 is 0 Å². The highest BCUT2D eigenvalue weighted by Crippen LogP contribution is 2.17. The van der Waals surface area contributed by atoms with E-state index in [4.69, 9.17) is 0 Å². The van der Waals surface area contributed by atoms with Crippen molar-refractivity contribution in [1.29, 1.82) is 0 Å². The predicted octanol–water partition coefficient (Wildman–Crippen LogP) is 0.780. The lowest BCUT2D eigenvalue weighted by molar-refractivity contribution is 0.613. The van der Waals surface area contributed by atoms with Gasteiger partial charge in [-0.3, -0.25) is 0 Å². The van der Waals surface area contributed by atoms with Crippen LogP contribution in [0.4, 0.5) is 10.3 Å². The summed E-state index contributed by atoms with van der Waals surface area (Å²) in [6, 6.07) is 0.714. The van der Waals surface area contributed by atoms with Crippen LogP contribution in [0.15, 0.2) is 12.4 Å². The summed E-state index contributed by atoms with van der Waals surface area (Å²) in [5, 5.41) is 6.35. The van der Waals surface area contributed by atoms with Gasteiger partial charge in [0.15, 0.2) is 5.82 Å². The molecule has 0 radical (unpaired) electrons. The van der Waals surface area contributed by atoms with Gasteiger partial charge >= 0.3 is 0 Å². The molecule has 0 saturated heterocycles. The third-order valence-electron chi connectivity index (χ3n) is 2.04. The third kappa shape index (κ3) is 2.92. The zero-order valence-electron chi connectivity index (χ0n) is 7.83. The van der Waals surface area contributed by atoms with Gasteiger partial charge in [-0.1, -0.05) is 0 Å². The van der Waals surface area contributed by atoms with E-state index in [1.807, 2.05) is 0 Å². The summed E-state index contributed by atoms with van der Waals surface area (Å²) in [6.07, 6.45) is 4.88. The molecular weight excluding hydrogens is 183 g/mol. The van der Waals surface area contributed by atoms with E-state index in [9.17, 15) is 4.39 Å². The first-order valence-corrected chi connectivity index (χ1v) is 4.79. The third-order valence-corrected chi connectivity index (χ3v) is 2.04. The van der Waals surface area contributed by atoms with Crippen LogP contribution in [-0.2, 0) is 0 Å². The molecule has 76 valence electrons. The molecule has 2 N–H and O–H groups in total. The van der Waals surface area contributed by atoms with Crippen LogP contribution in [0.5, 0.6) is 0 Å². The van der Waals surface area contributed by atoms with Gasteiger partial charge in [-0.15, -0.1) is 0 Å². The number of rotatable bonds is 5. The largest absolute Gasteiger partial charge is 0.353 e. The Kier molecular flexibility index (Phi) is 2.88. The number of aromatic nitrogens is 2. The number of hydrogen-bond donors (Lipinski definition) is 2. The van der Waals surface area contributed by atoms with Gasteiger partial charge in [0.2, 0.25) is 5.95 Å². The van der Waals surface area contributed by atoms with Gasteiger partial charge in [0.1, 0.15) is 0 Å². The monoisotopic (exact) mass is 196 g/mol. The molecule has 1 aliphatic rings. The second-order valence-electron chi connectivity index (χ2n) is 3.38.